The van der Waals surface area contributed by atoms with Gasteiger partial charge in [-0.15, -0.1) is 0 Å². The summed E-state index contributed by atoms with van der Waals surface area (Å²) in [5.41, 5.74) is 2.40. The first-order chi connectivity index (χ1) is 9.93. The fourth-order valence-corrected chi connectivity index (χ4v) is 2.00. The van der Waals surface area contributed by atoms with E-state index in [0.29, 0.717) is 23.2 Å². The van der Waals surface area contributed by atoms with E-state index in [2.05, 4.69) is 24.5 Å². The maximum atomic E-state index is 11.7. The highest BCUT2D eigenvalue weighted by Gasteiger charge is 2.09. The standard InChI is InChI=1S/C16H24N2O2S/c1-5-20-15(19)13-6-7-14(12(4)10-13)18-16(21)17-9-8-11(2)3/h6-7,10-11H,5,8-9H2,1-4H3,(H2,17,18,21). The first kappa shape index (κ1) is 17.4. The number of aryl methyl sites for hydroxylation is 1. The van der Waals surface area contributed by atoms with Crippen molar-refractivity contribution in [3.63, 3.8) is 0 Å². The molecule has 0 saturated heterocycles. The highest BCUT2D eigenvalue weighted by atomic mass is 32.1. The van der Waals surface area contributed by atoms with Crippen LogP contribution in [0.15, 0.2) is 18.2 Å². The third-order valence-electron chi connectivity index (χ3n) is 2.99. The molecule has 0 aliphatic heterocycles. The monoisotopic (exact) mass is 308 g/mol. The Balaban J connectivity index is 2.60. The lowest BCUT2D eigenvalue weighted by Gasteiger charge is -2.14. The molecular weight excluding hydrogens is 284 g/mol. The Morgan fingerprint density at radius 1 is 1.38 bits per heavy atom. The number of nitrogens with one attached hydrogen (secondary N) is 2. The van der Waals surface area contributed by atoms with Crippen LogP contribution in [0.4, 0.5) is 5.69 Å². The zero-order chi connectivity index (χ0) is 15.8. The summed E-state index contributed by atoms with van der Waals surface area (Å²) in [6.45, 7) is 9.31. The Bertz CT molecular complexity index is 501. The molecule has 0 atom stereocenters. The molecule has 1 aromatic rings. The van der Waals surface area contributed by atoms with Gasteiger partial charge in [-0.2, -0.15) is 0 Å². The second kappa shape index (κ2) is 8.62. The van der Waals surface area contributed by atoms with E-state index in [1.54, 1.807) is 19.1 Å². The van der Waals surface area contributed by atoms with E-state index in [4.69, 9.17) is 17.0 Å². The van der Waals surface area contributed by atoms with Crippen LogP contribution in [0, 0.1) is 12.8 Å². The van der Waals surface area contributed by atoms with Crippen molar-refractivity contribution in [1.29, 1.82) is 0 Å². The normalized spacial score (nSPS) is 10.3. The van der Waals surface area contributed by atoms with E-state index < -0.39 is 0 Å². The van der Waals surface area contributed by atoms with Gasteiger partial charge in [-0.3, -0.25) is 0 Å². The Kier molecular flexibility index (Phi) is 7.15. The topological polar surface area (TPSA) is 50.4 Å². The summed E-state index contributed by atoms with van der Waals surface area (Å²) in [5, 5.41) is 6.93. The van der Waals surface area contributed by atoms with Crippen molar-refractivity contribution in [2.24, 2.45) is 5.92 Å². The molecule has 0 bridgehead atoms. The number of carbonyl (C=O) groups excluding carboxylic acids is 1. The molecule has 21 heavy (non-hydrogen) atoms. The third-order valence-corrected chi connectivity index (χ3v) is 3.24. The minimum Gasteiger partial charge on any atom is -0.462 e. The molecule has 5 heteroatoms. The molecule has 0 unspecified atom stereocenters. The van der Waals surface area contributed by atoms with Gasteiger partial charge in [0.25, 0.3) is 0 Å². The van der Waals surface area contributed by atoms with E-state index in [9.17, 15) is 4.79 Å². The molecule has 2 N–H and O–H groups in total. The number of carbonyl (C=O) groups is 1. The summed E-state index contributed by atoms with van der Waals surface area (Å²) >= 11 is 5.26. The fraction of sp³-hybridized carbons (Fsp3) is 0.500. The van der Waals surface area contributed by atoms with Gasteiger partial charge in [0.1, 0.15) is 0 Å². The van der Waals surface area contributed by atoms with Crippen molar-refractivity contribution >= 4 is 29.0 Å². The van der Waals surface area contributed by atoms with Crippen LogP contribution in [0.1, 0.15) is 43.1 Å². The maximum absolute atomic E-state index is 11.7. The van der Waals surface area contributed by atoms with Gasteiger partial charge in [0.2, 0.25) is 0 Å². The lowest BCUT2D eigenvalue weighted by atomic mass is 10.1. The molecule has 4 nitrogen and oxygen atoms in total. The second-order valence-electron chi connectivity index (χ2n) is 5.31. The molecule has 1 aromatic carbocycles. The van der Waals surface area contributed by atoms with Crippen LogP contribution in [0.3, 0.4) is 0 Å². The Morgan fingerprint density at radius 2 is 2.10 bits per heavy atom. The summed E-state index contributed by atoms with van der Waals surface area (Å²) < 4.78 is 4.98. The van der Waals surface area contributed by atoms with Crippen LogP contribution in [0.2, 0.25) is 0 Å². The molecular formula is C16H24N2O2S. The average Bonchev–Trinajstić information content (AvgIpc) is 2.41. The number of esters is 1. The number of thiocarbonyl (C=S) groups is 1. The first-order valence-corrected chi connectivity index (χ1v) is 7.67. The van der Waals surface area contributed by atoms with E-state index >= 15 is 0 Å². The largest absolute Gasteiger partial charge is 0.462 e. The van der Waals surface area contributed by atoms with E-state index in [-0.39, 0.29) is 5.97 Å². The zero-order valence-electron chi connectivity index (χ0n) is 13.2. The van der Waals surface area contributed by atoms with Crippen molar-refractivity contribution in [2.75, 3.05) is 18.5 Å². The highest BCUT2D eigenvalue weighted by Crippen LogP contribution is 2.17. The summed E-state index contributed by atoms with van der Waals surface area (Å²) in [6.07, 6.45) is 1.07. The minimum absolute atomic E-state index is 0.301. The van der Waals surface area contributed by atoms with Gasteiger partial charge in [0, 0.05) is 12.2 Å². The fourth-order valence-electron chi connectivity index (χ4n) is 1.79. The van der Waals surface area contributed by atoms with Gasteiger partial charge in [-0.05, 0) is 62.2 Å². The molecule has 0 fully saturated rings. The van der Waals surface area contributed by atoms with Crippen molar-refractivity contribution in [2.45, 2.75) is 34.1 Å². The first-order valence-electron chi connectivity index (χ1n) is 7.26. The predicted octanol–water partition coefficient (Wildman–Crippen LogP) is 3.50. The Labute approximate surface area is 132 Å². The molecule has 0 spiro atoms. The molecule has 0 amide bonds. The Hall–Kier alpha value is -1.62. The van der Waals surface area contributed by atoms with Crippen LogP contribution in [0.5, 0.6) is 0 Å². The van der Waals surface area contributed by atoms with Crippen molar-refractivity contribution < 1.29 is 9.53 Å². The number of anilines is 1. The van der Waals surface area contributed by atoms with Gasteiger partial charge in [0.15, 0.2) is 5.11 Å². The molecule has 1 rings (SSSR count). The summed E-state index contributed by atoms with van der Waals surface area (Å²) in [4.78, 5) is 11.7. The average molecular weight is 308 g/mol. The molecule has 0 heterocycles. The number of benzene rings is 1. The van der Waals surface area contributed by atoms with Crippen LogP contribution >= 0.6 is 12.2 Å². The summed E-state index contributed by atoms with van der Waals surface area (Å²) in [7, 11) is 0. The van der Waals surface area contributed by atoms with Crippen LogP contribution in [0.25, 0.3) is 0 Å². The molecule has 0 saturated carbocycles. The van der Waals surface area contributed by atoms with Gasteiger partial charge in [-0.1, -0.05) is 13.8 Å². The van der Waals surface area contributed by atoms with Crippen LogP contribution < -0.4 is 10.6 Å². The van der Waals surface area contributed by atoms with Gasteiger partial charge >= 0.3 is 5.97 Å². The van der Waals surface area contributed by atoms with Crippen molar-refractivity contribution in [3.05, 3.63) is 29.3 Å². The molecule has 0 aromatic heterocycles. The third kappa shape index (κ3) is 6.12. The summed E-state index contributed by atoms with van der Waals surface area (Å²) in [6, 6.07) is 5.39. The SMILES string of the molecule is CCOC(=O)c1ccc(NC(=S)NCCC(C)C)c(C)c1. The lowest BCUT2D eigenvalue weighted by molar-refractivity contribution is 0.0526. The Morgan fingerprint density at radius 3 is 2.67 bits per heavy atom. The summed E-state index contributed by atoms with van der Waals surface area (Å²) in [5.74, 6) is 0.343. The number of rotatable bonds is 6. The maximum Gasteiger partial charge on any atom is 0.338 e. The predicted molar refractivity (Wildman–Crippen MR) is 90.8 cm³/mol. The lowest BCUT2D eigenvalue weighted by Crippen LogP contribution is -2.30. The van der Waals surface area contributed by atoms with E-state index in [0.717, 1.165) is 24.2 Å². The molecule has 0 aliphatic carbocycles. The minimum atomic E-state index is -0.301. The molecule has 116 valence electrons. The number of ether oxygens (including phenoxy) is 1. The van der Waals surface area contributed by atoms with Crippen LogP contribution in [-0.2, 0) is 4.74 Å². The van der Waals surface area contributed by atoms with Crippen molar-refractivity contribution in [1.82, 2.24) is 5.32 Å². The van der Waals surface area contributed by atoms with Crippen molar-refractivity contribution in [3.8, 4) is 0 Å². The van der Waals surface area contributed by atoms with Gasteiger partial charge < -0.3 is 15.4 Å². The van der Waals surface area contributed by atoms with E-state index in [1.807, 2.05) is 13.0 Å². The van der Waals surface area contributed by atoms with Crippen LogP contribution in [-0.4, -0.2) is 24.2 Å². The quantitative estimate of drug-likeness (QED) is 0.622. The smallest absolute Gasteiger partial charge is 0.338 e. The molecule has 0 radical (unpaired) electrons. The number of hydrogen-bond donors (Lipinski definition) is 2. The molecule has 0 aliphatic rings. The second-order valence-corrected chi connectivity index (χ2v) is 5.72. The highest BCUT2D eigenvalue weighted by molar-refractivity contribution is 7.80. The zero-order valence-corrected chi connectivity index (χ0v) is 14.0. The number of hydrogen-bond acceptors (Lipinski definition) is 3. The van der Waals surface area contributed by atoms with Gasteiger partial charge in [0.05, 0.1) is 12.2 Å². The van der Waals surface area contributed by atoms with Gasteiger partial charge in [-0.25, -0.2) is 4.79 Å². The van der Waals surface area contributed by atoms with E-state index in [1.165, 1.54) is 0 Å².